The molecule has 4 atom stereocenters. The number of carbonyl (C=O) groups excluding carboxylic acids is 3. The van der Waals surface area contributed by atoms with Crippen LogP contribution in [0.4, 0.5) is 0 Å². The zero-order valence-electron chi connectivity index (χ0n) is 19.6. The predicted octanol–water partition coefficient (Wildman–Crippen LogP) is -2.01. The van der Waals surface area contributed by atoms with Gasteiger partial charge in [0.1, 0.15) is 18.1 Å². The van der Waals surface area contributed by atoms with Gasteiger partial charge in [-0.1, -0.05) is 13.8 Å². The third-order valence-corrected chi connectivity index (χ3v) is 5.05. The average Bonchev–Trinajstić information content (AvgIpc) is 3.28. The van der Waals surface area contributed by atoms with E-state index in [0.29, 0.717) is 25.1 Å². The molecular weight excluding hydrogens is 446 g/mol. The Labute approximate surface area is 198 Å². The number of aromatic amines is 1. The van der Waals surface area contributed by atoms with Crippen LogP contribution in [0.15, 0.2) is 12.5 Å². The van der Waals surface area contributed by atoms with Gasteiger partial charge in [0.25, 0.3) is 0 Å². The topological polar surface area (TPSA) is 226 Å². The number of rotatable bonds is 16. The minimum absolute atomic E-state index is 0.0124. The number of imidazole rings is 1. The van der Waals surface area contributed by atoms with Crippen LogP contribution in [0.25, 0.3) is 0 Å². The minimum Gasteiger partial charge on any atom is -0.480 e. The summed E-state index contributed by atoms with van der Waals surface area (Å²) in [6, 6.07) is -4.46. The van der Waals surface area contributed by atoms with Gasteiger partial charge in [-0.05, 0) is 38.1 Å². The molecule has 0 aliphatic rings. The minimum atomic E-state index is -1.50. The Morgan fingerprint density at radius 1 is 1.03 bits per heavy atom. The number of unbranched alkanes of at least 4 members (excludes halogenated alkanes) is 1. The van der Waals surface area contributed by atoms with Crippen molar-refractivity contribution in [1.82, 2.24) is 25.9 Å². The molecule has 0 radical (unpaired) electrons. The summed E-state index contributed by atoms with van der Waals surface area (Å²) >= 11 is 0. The molecule has 1 rings (SSSR count). The Morgan fingerprint density at radius 3 is 2.18 bits per heavy atom. The standard InChI is InChI=1S/C21H37N7O6/c1-12(2)7-16(20(32)28-17(10-29)21(33)34)27-19(31)15(5-3-4-6-22)26-18(30)14(23)8-13-9-24-11-25-13/h9,11-12,14-17,29H,3-8,10,22-23H2,1-2H3,(H,24,25)(H,26,30)(H,27,31)(H,28,32)(H,33,34). The highest BCUT2D eigenvalue weighted by molar-refractivity contribution is 5.94. The highest BCUT2D eigenvalue weighted by Gasteiger charge is 2.30. The van der Waals surface area contributed by atoms with E-state index in [0.717, 1.165) is 0 Å². The second-order valence-electron chi connectivity index (χ2n) is 8.51. The molecule has 0 bridgehead atoms. The molecule has 34 heavy (non-hydrogen) atoms. The van der Waals surface area contributed by atoms with Gasteiger partial charge in [-0.3, -0.25) is 14.4 Å². The molecule has 0 aliphatic heterocycles. The first-order valence-electron chi connectivity index (χ1n) is 11.3. The number of hydrogen-bond donors (Lipinski definition) is 8. The monoisotopic (exact) mass is 483 g/mol. The number of aliphatic carboxylic acids is 1. The van der Waals surface area contributed by atoms with E-state index in [1.165, 1.54) is 6.33 Å². The maximum absolute atomic E-state index is 13.0. The number of aliphatic hydroxyl groups excluding tert-OH is 1. The lowest BCUT2D eigenvalue weighted by molar-refractivity contribution is -0.143. The number of aromatic nitrogens is 2. The molecule has 1 heterocycles. The summed E-state index contributed by atoms with van der Waals surface area (Å²) in [6.45, 7) is 3.29. The Hall–Kier alpha value is -3.03. The fraction of sp³-hybridized carbons (Fsp3) is 0.667. The summed E-state index contributed by atoms with van der Waals surface area (Å²) in [5.74, 6) is -3.30. The number of nitrogens with one attached hydrogen (secondary N) is 4. The lowest BCUT2D eigenvalue weighted by Gasteiger charge is -2.26. The van der Waals surface area contributed by atoms with E-state index in [4.69, 9.17) is 16.6 Å². The summed E-state index contributed by atoms with van der Waals surface area (Å²) < 4.78 is 0. The Kier molecular flexibility index (Phi) is 12.8. The normalized spacial score (nSPS) is 14.6. The molecule has 0 spiro atoms. The van der Waals surface area contributed by atoms with Crippen LogP contribution >= 0.6 is 0 Å². The summed E-state index contributed by atoms with van der Waals surface area (Å²) in [7, 11) is 0. The number of H-pyrrole nitrogens is 1. The number of aliphatic hydroxyl groups is 1. The van der Waals surface area contributed by atoms with Crippen LogP contribution in [0.3, 0.4) is 0 Å². The zero-order valence-corrected chi connectivity index (χ0v) is 19.6. The molecule has 1 aromatic rings. The highest BCUT2D eigenvalue weighted by Crippen LogP contribution is 2.08. The van der Waals surface area contributed by atoms with Crippen molar-refractivity contribution in [2.24, 2.45) is 17.4 Å². The van der Waals surface area contributed by atoms with Crippen molar-refractivity contribution in [1.29, 1.82) is 0 Å². The smallest absolute Gasteiger partial charge is 0.328 e. The van der Waals surface area contributed by atoms with Crippen molar-refractivity contribution in [3.8, 4) is 0 Å². The Bertz CT molecular complexity index is 787. The van der Waals surface area contributed by atoms with Crippen LogP contribution in [0, 0.1) is 5.92 Å². The van der Waals surface area contributed by atoms with Gasteiger partial charge in [0.2, 0.25) is 17.7 Å². The van der Waals surface area contributed by atoms with E-state index >= 15 is 0 Å². The van der Waals surface area contributed by atoms with Crippen molar-refractivity contribution < 1.29 is 29.4 Å². The number of carboxylic acids is 1. The first-order chi connectivity index (χ1) is 16.1. The first kappa shape index (κ1) is 29.0. The number of nitrogens with zero attached hydrogens (tertiary/aromatic N) is 1. The third-order valence-electron chi connectivity index (χ3n) is 5.05. The van der Waals surface area contributed by atoms with Crippen LogP contribution in [-0.2, 0) is 25.6 Å². The molecule has 0 saturated carbocycles. The SMILES string of the molecule is CC(C)CC(NC(=O)C(CCCCN)NC(=O)C(N)Cc1cnc[nH]1)C(=O)NC(CO)C(=O)O. The first-order valence-corrected chi connectivity index (χ1v) is 11.3. The van der Waals surface area contributed by atoms with Crippen molar-refractivity contribution in [3.63, 3.8) is 0 Å². The van der Waals surface area contributed by atoms with Crippen molar-refractivity contribution >= 4 is 23.7 Å². The number of amides is 3. The highest BCUT2D eigenvalue weighted by atomic mass is 16.4. The van der Waals surface area contributed by atoms with Crippen LogP contribution in [-0.4, -0.2) is 81.2 Å². The van der Waals surface area contributed by atoms with Gasteiger partial charge in [-0.2, -0.15) is 0 Å². The molecule has 10 N–H and O–H groups in total. The average molecular weight is 484 g/mol. The van der Waals surface area contributed by atoms with Crippen LogP contribution in [0.1, 0.15) is 45.2 Å². The van der Waals surface area contributed by atoms with Gasteiger partial charge < -0.3 is 42.6 Å². The fourth-order valence-electron chi connectivity index (χ4n) is 3.20. The summed E-state index contributed by atoms with van der Waals surface area (Å²) in [5.41, 5.74) is 12.2. The number of hydrogen-bond acceptors (Lipinski definition) is 8. The second kappa shape index (κ2) is 15.0. The summed E-state index contributed by atoms with van der Waals surface area (Å²) in [6.07, 6.45) is 4.89. The summed E-state index contributed by atoms with van der Waals surface area (Å²) in [4.78, 5) is 56.2. The van der Waals surface area contributed by atoms with Crippen LogP contribution in [0.2, 0.25) is 0 Å². The lowest BCUT2D eigenvalue weighted by Crippen LogP contribution is -2.57. The molecule has 13 nitrogen and oxygen atoms in total. The van der Waals surface area contributed by atoms with E-state index in [1.807, 2.05) is 13.8 Å². The Balaban J connectivity index is 2.91. The maximum Gasteiger partial charge on any atom is 0.328 e. The van der Waals surface area contributed by atoms with Gasteiger partial charge in [0, 0.05) is 18.3 Å². The number of carbonyl (C=O) groups is 4. The van der Waals surface area contributed by atoms with Crippen molar-refractivity contribution in [2.75, 3.05) is 13.2 Å². The zero-order chi connectivity index (χ0) is 25.7. The molecule has 0 saturated heterocycles. The molecule has 0 fully saturated rings. The molecule has 192 valence electrons. The van der Waals surface area contributed by atoms with Gasteiger partial charge in [0.15, 0.2) is 0 Å². The van der Waals surface area contributed by atoms with Gasteiger partial charge in [-0.15, -0.1) is 0 Å². The molecule has 13 heteroatoms. The van der Waals surface area contributed by atoms with E-state index in [1.54, 1.807) is 6.20 Å². The molecular formula is C21H37N7O6. The number of nitrogens with two attached hydrogens (primary N) is 2. The lowest BCUT2D eigenvalue weighted by atomic mass is 10.0. The quantitative estimate of drug-likeness (QED) is 0.121. The van der Waals surface area contributed by atoms with E-state index in [-0.39, 0.29) is 25.2 Å². The molecule has 0 aromatic carbocycles. The largest absolute Gasteiger partial charge is 0.480 e. The van der Waals surface area contributed by atoms with Gasteiger partial charge in [-0.25, -0.2) is 9.78 Å². The molecule has 4 unspecified atom stereocenters. The van der Waals surface area contributed by atoms with Gasteiger partial charge >= 0.3 is 5.97 Å². The van der Waals surface area contributed by atoms with E-state index < -0.39 is 54.5 Å². The maximum atomic E-state index is 13.0. The predicted molar refractivity (Wildman–Crippen MR) is 123 cm³/mol. The van der Waals surface area contributed by atoms with Crippen molar-refractivity contribution in [2.45, 2.75) is 70.1 Å². The molecule has 1 aromatic heterocycles. The van der Waals surface area contributed by atoms with E-state index in [2.05, 4.69) is 25.9 Å². The number of carboxylic acid groups (broad SMARTS) is 1. The summed E-state index contributed by atoms with van der Waals surface area (Å²) in [5, 5.41) is 25.7. The third kappa shape index (κ3) is 10.3. The van der Waals surface area contributed by atoms with Crippen LogP contribution < -0.4 is 27.4 Å². The van der Waals surface area contributed by atoms with Crippen molar-refractivity contribution in [3.05, 3.63) is 18.2 Å². The van der Waals surface area contributed by atoms with Crippen LogP contribution in [0.5, 0.6) is 0 Å². The second-order valence-corrected chi connectivity index (χ2v) is 8.51. The van der Waals surface area contributed by atoms with E-state index in [9.17, 15) is 24.3 Å². The molecule has 3 amide bonds. The van der Waals surface area contributed by atoms with Gasteiger partial charge in [0.05, 0.1) is 19.0 Å². The molecule has 0 aliphatic carbocycles. The fourth-order valence-corrected chi connectivity index (χ4v) is 3.20. The Morgan fingerprint density at radius 2 is 1.65 bits per heavy atom.